The highest BCUT2D eigenvalue weighted by Crippen LogP contribution is 2.52. The molecule has 0 radical (unpaired) electrons. The Kier molecular flexibility index (Phi) is 5.83. The van der Waals surface area contributed by atoms with E-state index in [2.05, 4.69) is 21.9 Å². The molecule has 8 heteroatoms. The smallest absolute Gasteiger partial charge is 0.224 e. The zero-order chi connectivity index (χ0) is 24.3. The number of amides is 1. The van der Waals surface area contributed by atoms with E-state index >= 15 is 0 Å². The number of nitrogens with zero attached hydrogens (tertiary/aromatic N) is 3. The molecule has 8 nitrogen and oxygen atoms in total. The number of rotatable bonds is 6. The minimum atomic E-state index is -0.929. The Bertz CT molecular complexity index is 1100. The Labute approximate surface area is 200 Å². The second-order valence-electron chi connectivity index (χ2n) is 11.3. The highest BCUT2D eigenvalue weighted by molar-refractivity contribution is 5.83. The molecule has 1 amide bonds. The second-order valence-corrected chi connectivity index (χ2v) is 11.3. The van der Waals surface area contributed by atoms with Gasteiger partial charge in [0.05, 0.1) is 35.6 Å². The molecule has 0 bridgehead atoms. The third-order valence-corrected chi connectivity index (χ3v) is 7.11. The average molecular weight is 469 g/mol. The number of hydrogen-bond donors (Lipinski definition) is 2. The van der Waals surface area contributed by atoms with Gasteiger partial charge >= 0.3 is 0 Å². The number of likely N-dealkylation sites (tertiary alicyclic amines) is 1. The molecule has 2 N–H and O–H groups in total. The van der Waals surface area contributed by atoms with Gasteiger partial charge in [-0.05, 0) is 70.6 Å². The van der Waals surface area contributed by atoms with Crippen LogP contribution in [0.4, 0.5) is 0 Å². The number of ether oxygens (including phenoxy) is 2. The first-order chi connectivity index (χ1) is 16.0. The molecule has 34 heavy (non-hydrogen) atoms. The summed E-state index contributed by atoms with van der Waals surface area (Å²) in [4.78, 5) is 20.2. The number of piperidine rings is 1. The lowest BCUT2D eigenvalue weighted by atomic mass is 10.0. The van der Waals surface area contributed by atoms with Crippen molar-refractivity contribution in [2.45, 2.75) is 58.6 Å². The summed E-state index contributed by atoms with van der Waals surface area (Å²) < 4.78 is 13.2. The normalized spacial score (nSPS) is 26.3. The maximum Gasteiger partial charge on any atom is 0.224 e. The van der Waals surface area contributed by atoms with Crippen LogP contribution in [0, 0.1) is 17.8 Å². The predicted molar refractivity (Wildman–Crippen MR) is 129 cm³/mol. The zero-order valence-corrected chi connectivity index (χ0v) is 20.7. The molecule has 3 aliphatic rings. The van der Waals surface area contributed by atoms with Gasteiger partial charge in [0.25, 0.3) is 0 Å². The summed E-state index contributed by atoms with van der Waals surface area (Å²) in [5.74, 6) is 1.37. The molecule has 1 saturated heterocycles. The van der Waals surface area contributed by atoms with Crippen LogP contribution >= 0.6 is 0 Å². The van der Waals surface area contributed by atoms with E-state index in [0.717, 1.165) is 23.5 Å². The van der Waals surface area contributed by atoms with Gasteiger partial charge in [-0.25, -0.2) is 4.98 Å². The molecule has 4 atom stereocenters. The fourth-order valence-electron chi connectivity index (χ4n) is 5.42. The summed E-state index contributed by atoms with van der Waals surface area (Å²) in [7, 11) is 0. The van der Waals surface area contributed by atoms with Crippen molar-refractivity contribution in [2.24, 2.45) is 17.8 Å². The van der Waals surface area contributed by atoms with Crippen LogP contribution in [0.25, 0.3) is 11.1 Å². The van der Waals surface area contributed by atoms with Crippen LogP contribution in [0.2, 0.25) is 0 Å². The lowest BCUT2D eigenvalue weighted by Crippen LogP contribution is -2.46. The topological polar surface area (TPSA) is 88.3 Å². The minimum Gasteiger partial charge on any atom is -0.377 e. The summed E-state index contributed by atoms with van der Waals surface area (Å²) in [6, 6.07) is 6.08. The lowest BCUT2D eigenvalue weighted by Gasteiger charge is -2.31. The Balaban J connectivity index is 1.29. The predicted octanol–water partition coefficient (Wildman–Crippen LogP) is 2.76. The molecule has 1 aliphatic carbocycles. The molecular formula is C26H36N4O4. The lowest BCUT2D eigenvalue weighted by molar-refractivity contribution is -0.236. The maximum atomic E-state index is 13.3. The van der Waals surface area contributed by atoms with Gasteiger partial charge in [0.2, 0.25) is 12.3 Å². The van der Waals surface area contributed by atoms with Crippen molar-refractivity contribution in [2.75, 3.05) is 26.3 Å². The highest BCUT2D eigenvalue weighted by Gasteiger charge is 2.60. The third kappa shape index (κ3) is 4.40. The SMILES string of the molecule is CC(C)(C)OC(O)N1C[C@@H]2[C@H](C1)[C@H]2C(=O)NC(C)(C)c1nc(C2=CCOCC2)c2ccccn12. The summed E-state index contributed by atoms with van der Waals surface area (Å²) in [5, 5.41) is 13.6. The Morgan fingerprint density at radius 3 is 2.62 bits per heavy atom. The number of aromatic nitrogens is 2. The Morgan fingerprint density at radius 1 is 1.24 bits per heavy atom. The fraction of sp³-hybridized carbons (Fsp3) is 0.615. The quantitative estimate of drug-likeness (QED) is 0.634. The Hall–Kier alpha value is -2.26. The van der Waals surface area contributed by atoms with Crippen molar-refractivity contribution in [3.05, 3.63) is 42.0 Å². The first-order valence-electron chi connectivity index (χ1n) is 12.2. The van der Waals surface area contributed by atoms with Crippen molar-refractivity contribution in [3.63, 3.8) is 0 Å². The van der Waals surface area contributed by atoms with E-state index in [1.807, 2.05) is 57.8 Å². The number of nitrogens with one attached hydrogen (secondary N) is 1. The van der Waals surface area contributed by atoms with Crippen molar-refractivity contribution in [1.82, 2.24) is 19.6 Å². The molecule has 2 fully saturated rings. The van der Waals surface area contributed by atoms with E-state index in [4.69, 9.17) is 14.5 Å². The van der Waals surface area contributed by atoms with Gasteiger partial charge in [-0.3, -0.25) is 9.69 Å². The van der Waals surface area contributed by atoms with Gasteiger partial charge in [0.1, 0.15) is 5.82 Å². The molecule has 1 saturated carbocycles. The molecule has 184 valence electrons. The summed E-state index contributed by atoms with van der Waals surface area (Å²) in [5.41, 5.74) is 2.14. The van der Waals surface area contributed by atoms with E-state index in [1.165, 1.54) is 5.57 Å². The molecule has 2 aromatic heterocycles. The molecular weight excluding hydrogens is 432 g/mol. The van der Waals surface area contributed by atoms with Crippen LogP contribution in [-0.4, -0.2) is 63.6 Å². The van der Waals surface area contributed by atoms with Crippen LogP contribution in [0.5, 0.6) is 0 Å². The standard InChI is InChI=1S/C26H36N4O4/c1-25(2,3)34-24(32)29-14-17-18(15-29)20(17)22(31)28-26(4,5)23-27-21(16-9-12-33-13-10-16)19-8-6-7-11-30(19)23/h6-9,11,17-18,20,24,32H,10,12-15H2,1-5H3,(H,28,31)/t17-,18+,20+,24?. The van der Waals surface area contributed by atoms with Gasteiger partial charge in [-0.2, -0.15) is 0 Å². The molecule has 2 aromatic rings. The van der Waals surface area contributed by atoms with E-state index in [-0.39, 0.29) is 23.7 Å². The number of hydrogen-bond acceptors (Lipinski definition) is 6. The maximum absolute atomic E-state index is 13.3. The van der Waals surface area contributed by atoms with Crippen molar-refractivity contribution in [3.8, 4) is 0 Å². The van der Waals surface area contributed by atoms with Crippen molar-refractivity contribution >= 4 is 17.0 Å². The molecule has 1 unspecified atom stereocenters. The second kappa shape index (κ2) is 8.45. The van der Waals surface area contributed by atoms with Gasteiger partial charge in [-0.1, -0.05) is 12.1 Å². The molecule has 4 heterocycles. The minimum absolute atomic E-state index is 0.0266. The zero-order valence-electron chi connectivity index (χ0n) is 20.7. The van der Waals surface area contributed by atoms with Crippen molar-refractivity contribution < 1.29 is 19.4 Å². The number of carbonyl (C=O) groups excluding carboxylic acids is 1. The Morgan fingerprint density at radius 2 is 1.97 bits per heavy atom. The molecule has 0 spiro atoms. The van der Waals surface area contributed by atoms with Gasteiger partial charge in [-0.15, -0.1) is 0 Å². The molecule has 0 aromatic carbocycles. The van der Waals surface area contributed by atoms with E-state index in [0.29, 0.717) is 26.3 Å². The largest absolute Gasteiger partial charge is 0.377 e. The first-order valence-corrected chi connectivity index (χ1v) is 12.2. The summed E-state index contributed by atoms with van der Waals surface area (Å²) in [6.07, 6.45) is 4.01. The van der Waals surface area contributed by atoms with E-state index < -0.39 is 17.6 Å². The third-order valence-electron chi connectivity index (χ3n) is 7.11. The van der Waals surface area contributed by atoms with Gasteiger partial charge in [0, 0.05) is 25.2 Å². The summed E-state index contributed by atoms with van der Waals surface area (Å²) in [6.45, 7) is 12.5. The number of pyridine rings is 1. The van der Waals surface area contributed by atoms with Crippen LogP contribution in [-0.2, 0) is 19.8 Å². The number of aliphatic hydroxyl groups excluding tert-OH is 1. The fourth-order valence-corrected chi connectivity index (χ4v) is 5.42. The number of carbonyl (C=O) groups is 1. The number of imidazole rings is 1. The molecule has 2 aliphatic heterocycles. The van der Waals surface area contributed by atoms with Gasteiger partial charge in [0.15, 0.2) is 0 Å². The first kappa shape index (κ1) is 23.5. The number of fused-ring (bicyclic) bond motifs is 2. The van der Waals surface area contributed by atoms with E-state index in [1.54, 1.807) is 0 Å². The van der Waals surface area contributed by atoms with Crippen LogP contribution in [0.15, 0.2) is 30.5 Å². The summed E-state index contributed by atoms with van der Waals surface area (Å²) >= 11 is 0. The van der Waals surface area contributed by atoms with Gasteiger partial charge < -0.3 is 24.3 Å². The van der Waals surface area contributed by atoms with Crippen molar-refractivity contribution in [1.29, 1.82) is 0 Å². The highest BCUT2D eigenvalue weighted by atomic mass is 16.6. The van der Waals surface area contributed by atoms with Crippen LogP contribution < -0.4 is 5.32 Å². The van der Waals surface area contributed by atoms with E-state index in [9.17, 15) is 9.90 Å². The van der Waals surface area contributed by atoms with Crippen LogP contribution in [0.1, 0.15) is 52.6 Å². The number of aliphatic hydroxyl groups is 1. The molecule has 5 rings (SSSR count). The van der Waals surface area contributed by atoms with Crippen LogP contribution in [0.3, 0.4) is 0 Å². The monoisotopic (exact) mass is 468 g/mol. The average Bonchev–Trinajstić information content (AvgIpc) is 3.09.